The minimum Gasteiger partial charge on any atom is -0.508 e. The van der Waals surface area contributed by atoms with Gasteiger partial charge in [0.15, 0.2) is 5.96 Å². The maximum atomic E-state index is 14.7. The number of esters is 1. The number of nitrogens with zero attached hydrogens (tertiary/aromatic N) is 2. The zero-order valence-corrected chi connectivity index (χ0v) is 42.1. The van der Waals surface area contributed by atoms with E-state index in [1.165, 1.54) is 52.3 Å². The molecular formula is C46H72N12O14. The van der Waals surface area contributed by atoms with Crippen LogP contribution in [0.1, 0.15) is 92.2 Å². The predicted octanol–water partition coefficient (Wildman–Crippen LogP) is -3.70. The summed E-state index contributed by atoms with van der Waals surface area (Å²) in [7, 11) is 2.42. The van der Waals surface area contributed by atoms with Gasteiger partial charge in [-0.25, -0.2) is 4.79 Å². The Bertz CT molecular complexity index is 2170. The Hall–Kier alpha value is -7.09. The zero-order valence-electron chi connectivity index (χ0n) is 42.1. The van der Waals surface area contributed by atoms with Gasteiger partial charge >= 0.3 is 5.97 Å². The average molecular weight is 1020 g/mol. The van der Waals surface area contributed by atoms with E-state index in [1.54, 1.807) is 27.7 Å². The highest BCUT2D eigenvalue weighted by Crippen LogP contribution is 2.26. The fourth-order valence-corrected chi connectivity index (χ4v) is 7.94. The molecule has 26 heteroatoms. The van der Waals surface area contributed by atoms with Crippen LogP contribution in [0.25, 0.3) is 0 Å². The molecule has 2 saturated heterocycles. The van der Waals surface area contributed by atoms with Gasteiger partial charge in [-0.3, -0.25) is 48.1 Å². The standard InChI is InChI=1S/C46H72N12O14/c1-20(2)19-30-40(65)51-29(16-17-31(47)61)39(64)57-35(36(71-9)26-12-14-27(60)15-13-26)44(69)58(8)23(5)45(70)72-25(7)34(56-41(66)32-21(3)22(4)37(62)54-32)43(68)55-33(24(6)59)42(67)52-28(38(63)53-30)11-10-18-50-46(48)49/h12-15,20-25,28-30,32-36,59-60H,10-11,16-19H2,1-9H3,(H2,47,61)(H,51,65)(H,52,67)(H,53,63)(H,54,62)(H,55,68)(H,56,66)(H,57,64)(H4,48,49,50)/t21-,22+,23-,24+,25+,28+,29-,30-,32-,33?,34?,35?,36?/m0/s1. The first-order chi connectivity index (χ1) is 33.7. The topological polar surface area (TPSA) is 407 Å². The molecule has 13 atom stereocenters. The molecule has 1 aromatic rings. The van der Waals surface area contributed by atoms with Crippen molar-refractivity contribution in [2.24, 2.45) is 39.9 Å². The van der Waals surface area contributed by atoms with E-state index in [0.29, 0.717) is 0 Å². The van der Waals surface area contributed by atoms with Gasteiger partial charge in [0.25, 0.3) is 0 Å². The molecule has 0 saturated carbocycles. The Labute approximate surface area is 417 Å². The second-order valence-corrected chi connectivity index (χ2v) is 18.6. The van der Waals surface area contributed by atoms with Crippen molar-refractivity contribution in [2.75, 3.05) is 20.7 Å². The number of aliphatic imine (C=N–C) groups is 1. The van der Waals surface area contributed by atoms with Gasteiger partial charge in [-0.05, 0) is 76.0 Å². The molecule has 2 fully saturated rings. The van der Waals surface area contributed by atoms with Crippen LogP contribution in [0.3, 0.4) is 0 Å². The van der Waals surface area contributed by atoms with Gasteiger partial charge in [0.2, 0.25) is 53.2 Å². The summed E-state index contributed by atoms with van der Waals surface area (Å²) in [5, 5.41) is 38.7. The Morgan fingerprint density at radius 2 is 1.33 bits per heavy atom. The largest absolute Gasteiger partial charge is 0.508 e. The number of guanidine groups is 1. The third-order valence-corrected chi connectivity index (χ3v) is 12.6. The summed E-state index contributed by atoms with van der Waals surface area (Å²) in [6.07, 6.45) is -5.60. The number of likely N-dealkylation sites (N-methyl/N-ethyl adjacent to an activating group) is 1. The molecule has 0 aliphatic carbocycles. The summed E-state index contributed by atoms with van der Waals surface area (Å²) in [6.45, 7) is 10.3. The molecule has 9 amide bonds. The van der Waals surface area contributed by atoms with Crippen LogP contribution < -0.4 is 54.4 Å². The lowest BCUT2D eigenvalue weighted by molar-refractivity contribution is -0.161. The first-order valence-electron chi connectivity index (χ1n) is 23.6. The number of hydrogen-bond acceptors (Lipinski definition) is 15. The van der Waals surface area contributed by atoms with E-state index >= 15 is 0 Å². The van der Waals surface area contributed by atoms with Crippen molar-refractivity contribution in [3.63, 3.8) is 0 Å². The molecule has 0 bridgehead atoms. The highest BCUT2D eigenvalue weighted by atomic mass is 16.5. The van der Waals surface area contributed by atoms with Crippen molar-refractivity contribution < 1.29 is 67.6 Å². The average Bonchev–Trinajstić information content (AvgIpc) is 3.57. The van der Waals surface area contributed by atoms with Crippen LogP contribution in [0.15, 0.2) is 29.3 Å². The van der Waals surface area contributed by atoms with E-state index < -0.39 is 150 Å². The quantitative estimate of drug-likeness (QED) is 0.0348. The summed E-state index contributed by atoms with van der Waals surface area (Å²) in [5.41, 5.74) is 16.7. The van der Waals surface area contributed by atoms with Crippen molar-refractivity contribution in [1.29, 1.82) is 0 Å². The number of nitrogens with two attached hydrogens (primary N) is 3. The van der Waals surface area contributed by atoms with Gasteiger partial charge in [0.1, 0.15) is 66.3 Å². The summed E-state index contributed by atoms with van der Waals surface area (Å²) in [5.74, 6) is -11.3. The number of cyclic esters (lactones) is 1. The number of aliphatic hydroxyl groups excluding tert-OH is 1. The minimum atomic E-state index is -1.85. The molecule has 3 rings (SSSR count). The monoisotopic (exact) mass is 1020 g/mol. The Kier molecular flexibility index (Phi) is 22.2. The number of hydrogen-bond donors (Lipinski definition) is 12. The maximum absolute atomic E-state index is 14.7. The van der Waals surface area contributed by atoms with E-state index in [-0.39, 0.29) is 49.0 Å². The molecule has 2 heterocycles. The predicted molar refractivity (Wildman–Crippen MR) is 257 cm³/mol. The Balaban J connectivity index is 2.27. The molecule has 26 nitrogen and oxygen atoms in total. The number of methoxy groups -OCH3 is 1. The van der Waals surface area contributed by atoms with Crippen LogP contribution >= 0.6 is 0 Å². The highest BCUT2D eigenvalue weighted by molar-refractivity contribution is 5.99. The number of amides is 9. The molecule has 0 spiro atoms. The van der Waals surface area contributed by atoms with Crippen molar-refractivity contribution >= 4 is 65.1 Å². The molecule has 4 unspecified atom stereocenters. The van der Waals surface area contributed by atoms with Crippen molar-refractivity contribution in [3.05, 3.63) is 29.8 Å². The number of phenolic OH excluding ortho intramolecular Hbond substituents is 1. The number of ether oxygens (including phenoxy) is 2. The lowest BCUT2D eigenvalue weighted by atomic mass is 9.93. The van der Waals surface area contributed by atoms with E-state index in [0.717, 1.165) is 11.8 Å². The Morgan fingerprint density at radius 3 is 1.88 bits per heavy atom. The molecule has 2 aliphatic heterocycles. The van der Waals surface area contributed by atoms with Crippen LogP contribution in [0, 0.1) is 17.8 Å². The third kappa shape index (κ3) is 16.5. The van der Waals surface area contributed by atoms with Gasteiger partial charge in [-0.15, -0.1) is 0 Å². The van der Waals surface area contributed by atoms with Crippen molar-refractivity contribution in [3.8, 4) is 5.75 Å². The molecule has 72 heavy (non-hydrogen) atoms. The van der Waals surface area contributed by atoms with Crippen LogP contribution in [0.2, 0.25) is 0 Å². The number of benzene rings is 1. The second-order valence-electron chi connectivity index (χ2n) is 18.6. The molecular weight excluding hydrogens is 945 g/mol. The van der Waals surface area contributed by atoms with Crippen LogP contribution in [0.5, 0.6) is 5.75 Å². The molecule has 0 radical (unpaired) electrons. The number of aliphatic hydroxyl groups is 1. The summed E-state index contributed by atoms with van der Waals surface area (Å²) in [4.78, 5) is 143. The fourth-order valence-electron chi connectivity index (χ4n) is 7.94. The smallest absolute Gasteiger partial charge is 0.328 e. The van der Waals surface area contributed by atoms with Crippen molar-refractivity contribution in [2.45, 2.75) is 147 Å². The molecule has 0 aromatic heterocycles. The van der Waals surface area contributed by atoms with Gasteiger partial charge in [-0.2, -0.15) is 0 Å². The summed E-state index contributed by atoms with van der Waals surface area (Å²) < 4.78 is 11.5. The fraction of sp³-hybridized carbons (Fsp3) is 0.630. The SMILES string of the molecule is COC(c1ccc(O)cc1)C1NC(=O)[C@H](CCC(N)=O)NC(=O)[C@H](CC(C)C)NC(=O)[C@@H](CCCN=C(N)N)NC(=O)C([C@@H](C)O)NC(=O)C(NC(=O)[C@H]2NC(=O)[C@H](C)[C@@H]2C)[C@@H](C)OC(=O)[C@H](C)N(C)C1=O. The summed E-state index contributed by atoms with van der Waals surface area (Å²) >= 11 is 0. The van der Waals surface area contributed by atoms with Crippen molar-refractivity contribution in [1.82, 2.24) is 42.1 Å². The van der Waals surface area contributed by atoms with Gasteiger partial charge in [0.05, 0.1) is 6.10 Å². The molecule has 2 aliphatic rings. The third-order valence-electron chi connectivity index (χ3n) is 12.6. The van der Waals surface area contributed by atoms with E-state index in [1.807, 2.05) is 0 Å². The minimum absolute atomic E-state index is 0.0173. The van der Waals surface area contributed by atoms with E-state index in [2.05, 4.69) is 42.2 Å². The van der Waals surface area contributed by atoms with Crippen LogP contribution in [0.4, 0.5) is 0 Å². The first-order valence-corrected chi connectivity index (χ1v) is 23.6. The number of carbonyl (C=O) groups excluding carboxylic acids is 10. The van der Waals surface area contributed by atoms with Crippen LogP contribution in [-0.2, 0) is 57.4 Å². The number of primary amides is 1. The number of rotatable bonds is 15. The normalized spacial score (nSPS) is 28.3. The van der Waals surface area contributed by atoms with Crippen LogP contribution in [-0.4, -0.2) is 161 Å². The first kappa shape index (κ1) is 59.2. The van der Waals surface area contributed by atoms with E-state index in [4.69, 9.17) is 26.7 Å². The Morgan fingerprint density at radius 1 is 0.778 bits per heavy atom. The van der Waals surface area contributed by atoms with Gasteiger partial charge < -0.3 is 79.0 Å². The van der Waals surface area contributed by atoms with Gasteiger partial charge in [-0.1, -0.05) is 39.8 Å². The number of phenols is 1. The zero-order chi connectivity index (χ0) is 54.3. The number of aromatic hydroxyl groups is 1. The lowest BCUT2D eigenvalue weighted by Crippen LogP contribution is -2.63. The van der Waals surface area contributed by atoms with E-state index in [9.17, 15) is 58.2 Å². The molecule has 15 N–H and O–H groups in total. The lowest BCUT2D eigenvalue weighted by Gasteiger charge is -2.34. The molecule has 1 aromatic carbocycles. The van der Waals surface area contributed by atoms with Gasteiger partial charge in [0, 0.05) is 33.0 Å². The second kappa shape index (κ2) is 26.9. The maximum Gasteiger partial charge on any atom is 0.328 e. The highest BCUT2D eigenvalue weighted by Gasteiger charge is 2.44. The molecule has 400 valence electrons. The number of nitrogens with one attached hydrogen (secondary N) is 7. The number of carbonyl (C=O) groups is 10. The summed E-state index contributed by atoms with van der Waals surface area (Å²) in [6, 6.07) is -7.18.